The first-order chi connectivity index (χ1) is 6.77. The lowest BCUT2D eigenvalue weighted by Crippen LogP contribution is -2.17. The Labute approximate surface area is 93.0 Å². The molecule has 3 nitrogen and oxygen atoms in total. The largest absolute Gasteiger partial charge is 0.496 e. The molecule has 1 aromatic carbocycles. The van der Waals surface area contributed by atoms with Crippen LogP contribution >= 0.6 is 15.9 Å². The van der Waals surface area contributed by atoms with Crippen LogP contribution in [0.1, 0.15) is 0 Å². The maximum atomic E-state index is 5.14. The van der Waals surface area contributed by atoms with E-state index in [1.807, 2.05) is 25.2 Å². The maximum absolute atomic E-state index is 5.14. The summed E-state index contributed by atoms with van der Waals surface area (Å²) in [7, 11) is 3.60. The molecule has 0 unspecified atom stereocenters. The number of methoxy groups -OCH3 is 1. The Kier molecular flexibility index (Phi) is 4.76. The number of nitrogens with one attached hydrogen (secondary N) is 2. The molecule has 0 fully saturated rings. The van der Waals surface area contributed by atoms with Gasteiger partial charge in [0.05, 0.1) is 11.6 Å². The van der Waals surface area contributed by atoms with Crippen molar-refractivity contribution in [2.24, 2.45) is 0 Å². The van der Waals surface area contributed by atoms with Gasteiger partial charge in [-0.3, -0.25) is 0 Å². The highest BCUT2D eigenvalue weighted by Crippen LogP contribution is 2.27. The van der Waals surface area contributed by atoms with Crippen molar-refractivity contribution in [3.63, 3.8) is 0 Å². The van der Waals surface area contributed by atoms with E-state index in [9.17, 15) is 0 Å². The predicted molar refractivity (Wildman–Crippen MR) is 63.1 cm³/mol. The van der Waals surface area contributed by atoms with Gasteiger partial charge in [-0.05, 0) is 41.2 Å². The van der Waals surface area contributed by atoms with Gasteiger partial charge in [-0.1, -0.05) is 0 Å². The molecule has 0 saturated heterocycles. The number of likely N-dealkylation sites (N-methyl/N-ethyl adjacent to an activating group) is 1. The number of hydrogen-bond donors (Lipinski definition) is 2. The van der Waals surface area contributed by atoms with Crippen molar-refractivity contribution >= 4 is 21.6 Å². The van der Waals surface area contributed by atoms with Crippen LogP contribution in [0.15, 0.2) is 22.7 Å². The number of hydrogen-bond acceptors (Lipinski definition) is 3. The van der Waals surface area contributed by atoms with Gasteiger partial charge in [0.1, 0.15) is 5.75 Å². The monoisotopic (exact) mass is 258 g/mol. The Morgan fingerprint density at radius 1 is 1.36 bits per heavy atom. The van der Waals surface area contributed by atoms with Gasteiger partial charge in [0.15, 0.2) is 0 Å². The lowest BCUT2D eigenvalue weighted by Gasteiger charge is -2.08. The van der Waals surface area contributed by atoms with Crippen molar-refractivity contribution in [1.29, 1.82) is 0 Å². The second-order valence-corrected chi connectivity index (χ2v) is 3.73. The Morgan fingerprint density at radius 2 is 2.14 bits per heavy atom. The molecule has 1 rings (SSSR count). The molecule has 0 atom stereocenters. The summed E-state index contributed by atoms with van der Waals surface area (Å²) in [6, 6.07) is 5.94. The zero-order valence-corrected chi connectivity index (χ0v) is 10.0. The van der Waals surface area contributed by atoms with Gasteiger partial charge in [-0.25, -0.2) is 0 Å². The quantitative estimate of drug-likeness (QED) is 0.794. The summed E-state index contributed by atoms with van der Waals surface area (Å²) >= 11 is 3.44. The predicted octanol–water partition coefficient (Wildman–Crippen LogP) is 2.09. The molecule has 0 heterocycles. The molecule has 0 aliphatic carbocycles. The minimum Gasteiger partial charge on any atom is -0.496 e. The molecule has 0 spiro atoms. The number of rotatable bonds is 5. The second-order valence-electron chi connectivity index (χ2n) is 2.88. The fourth-order valence-corrected chi connectivity index (χ4v) is 1.65. The van der Waals surface area contributed by atoms with Crippen LogP contribution in [0, 0.1) is 0 Å². The number of ether oxygens (including phenoxy) is 1. The van der Waals surface area contributed by atoms with Gasteiger partial charge in [0.2, 0.25) is 0 Å². The second kappa shape index (κ2) is 5.88. The molecule has 2 N–H and O–H groups in total. The molecule has 0 amide bonds. The number of benzene rings is 1. The summed E-state index contributed by atoms with van der Waals surface area (Å²) in [5, 5.41) is 6.37. The van der Waals surface area contributed by atoms with Crippen LogP contribution in [0.4, 0.5) is 5.69 Å². The average Bonchev–Trinajstić information content (AvgIpc) is 2.18. The Hall–Kier alpha value is -0.740. The molecular formula is C10H15BrN2O. The van der Waals surface area contributed by atoms with Gasteiger partial charge in [-0.2, -0.15) is 0 Å². The standard InChI is InChI=1S/C10H15BrN2O/c1-12-5-6-13-8-3-4-10(14-2)9(11)7-8/h3-4,7,12-13H,5-6H2,1-2H3. The third-order valence-corrected chi connectivity index (χ3v) is 2.48. The highest BCUT2D eigenvalue weighted by atomic mass is 79.9. The van der Waals surface area contributed by atoms with Crippen LogP contribution < -0.4 is 15.4 Å². The molecule has 0 saturated carbocycles. The van der Waals surface area contributed by atoms with Crippen molar-refractivity contribution in [2.75, 3.05) is 32.6 Å². The highest BCUT2D eigenvalue weighted by molar-refractivity contribution is 9.10. The fourth-order valence-electron chi connectivity index (χ4n) is 1.11. The van der Waals surface area contributed by atoms with Gasteiger partial charge < -0.3 is 15.4 Å². The Bertz CT molecular complexity index is 291. The molecule has 0 aliphatic heterocycles. The van der Waals surface area contributed by atoms with E-state index in [2.05, 4.69) is 26.6 Å². The first-order valence-corrected chi connectivity index (χ1v) is 5.29. The van der Waals surface area contributed by atoms with E-state index in [1.54, 1.807) is 7.11 Å². The summed E-state index contributed by atoms with van der Waals surface area (Å²) in [5.41, 5.74) is 1.09. The zero-order valence-electron chi connectivity index (χ0n) is 8.43. The molecule has 0 radical (unpaired) electrons. The smallest absolute Gasteiger partial charge is 0.133 e. The van der Waals surface area contributed by atoms with Crippen LogP contribution in [0.25, 0.3) is 0 Å². The van der Waals surface area contributed by atoms with Crippen LogP contribution in [0.3, 0.4) is 0 Å². The lowest BCUT2D eigenvalue weighted by molar-refractivity contribution is 0.412. The van der Waals surface area contributed by atoms with Gasteiger partial charge >= 0.3 is 0 Å². The molecular weight excluding hydrogens is 244 g/mol. The Balaban J connectivity index is 2.57. The topological polar surface area (TPSA) is 33.3 Å². The number of halogens is 1. The summed E-state index contributed by atoms with van der Waals surface area (Å²) in [6.07, 6.45) is 0. The van der Waals surface area contributed by atoms with Crippen molar-refractivity contribution < 1.29 is 4.74 Å². The minimum atomic E-state index is 0.851. The van der Waals surface area contributed by atoms with E-state index in [0.717, 1.165) is 29.0 Å². The van der Waals surface area contributed by atoms with Crippen LogP contribution in [-0.2, 0) is 0 Å². The van der Waals surface area contributed by atoms with Gasteiger partial charge in [0.25, 0.3) is 0 Å². The molecule has 0 aromatic heterocycles. The molecule has 1 aromatic rings. The fraction of sp³-hybridized carbons (Fsp3) is 0.400. The summed E-state index contributed by atoms with van der Waals surface area (Å²) in [4.78, 5) is 0. The normalized spacial score (nSPS) is 9.93. The van der Waals surface area contributed by atoms with E-state index in [-0.39, 0.29) is 0 Å². The molecule has 0 aliphatic rings. The van der Waals surface area contributed by atoms with E-state index in [0.29, 0.717) is 0 Å². The van der Waals surface area contributed by atoms with Crippen molar-refractivity contribution in [3.8, 4) is 5.75 Å². The zero-order chi connectivity index (χ0) is 10.4. The van der Waals surface area contributed by atoms with Gasteiger partial charge in [-0.15, -0.1) is 0 Å². The van der Waals surface area contributed by atoms with Crippen molar-refractivity contribution in [3.05, 3.63) is 22.7 Å². The summed E-state index contributed by atoms with van der Waals surface area (Å²) in [5.74, 6) is 0.851. The van der Waals surface area contributed by atoms with Gasteiger partial charge in [0, 0.05) is 18.8 Å². The summed E-state index contributed by atoms with van der Waals surface area (Å²) in [6.45, 7) is 1.86. The minimum absolute atomic E-state index is 0.851. The molecule has 14 heavy (non-hydrogen) atoms. The molecule has 4 heteroatoms. The number of anilines is 1. The first-order valence-electron chi connectivity index (χ1n) is 4.50. The van der Waals surface area contributed by atoms with E-state index in [1.165, 1.54) is 0 Å². The first kappa shape index (κ1) is 11.3. The molecule has 78 valence electrons. The van der Waals surface area contributed by atoms with Crippen molar-refractivity contribution in [1.82, 2.24) is 5.32 Å². The highest BCUT2D eigenvalue weighted by Gasteiger charge is 1.99. The van der Waals surface area contributed by atoms with Crippen LogP contribution in [-0.4, -0.2) is 27.2 Å². The third-order valence-electron chi connectivity index (χ3n) is 1.86. The summed E-state index contributed by atoms with van der Waals surface area (Å²) < 4.78 is 6.11. The van der Waals surface area contributed by atoms with Crippen molar-refractivity contribution in [2.45, 2.75) is 0 Å². The Morgan fingerprint density at radius 3 is 2.71 bits per heavy atom. The lowest BCUT2D eigenvalue weighted by atomic mass is 10.3. The SMILES string of the molecule is CNCCNc1ccc(OC)c(Br)c1. The van der Waals surface area contributed by atoms with Crippen LogP contribution in [0.2, 0.25) is 0 Å². The van der Waals surface area contributed by atoms with E-state index in [4.69, 9.17) is 4.74 Å². The van der Waals surface area contributed by atoms with E-state index >= 15 is 0 Å². The van der Waals surface area contributed by atoms with E-state index < -0.39 is 0 Å². The average molecular weight is 259 g/mol. The molecule has 0 bridgehead atoms. The maximum Gasteiger partial charge on any atom is 0.133 e. The third kappa shape index (κ3) is 3.20. The van der Waals surface area contributed by atoms with Crippen LogP contribution in [0.5, 0.6) is 5.75 Å².